The summed E-state index contributed by atoms with van der Waals surface area (Å²) in [5.74, 6) is -5.34. The summed E-state index contributed by atoms with van der Waals surface area (Å²) in [6.45, 7) is 8.02. The van der Waals surface area contributed by atoms with Crippen molar-refractivity contribution in [2.24, 2.45) is 0 Å². The molecule has 2 aliphatic carbocycles. The molecule has 10 amide bonds. The van der Waals surface area contributed by atoms with E-state index in [1.807, 2.05) is 32.0 Å². The molecule has 0 bridgehead atoms. The van der Waals surface area contributed by atoms with Crippen LogP contribution in [-0.2, 0) is 95.5 Å². The fraction of sp³-hybridized carbons (Fsp3) is 0.532. The first kappa shape index (κ1) is 89.1. The summed E-state index contributed by atoms with van der Waals surface area (Å²) in [6, 6.07) is 21.2. The molecule has 0 spiro atoms. The molecule has 33 nitrogen and oxygen atoms in total. The van der Waals surface area contributed by atoms with Gasteiger partial charge in [0.05, 0.1) is 32.0 Å². The minimum atomic E-state index is -1.25. The van der Waals surface area contributed by atoms with Crippen LogP contribution in [0.1, 0.15) is 180 Å². The number of anilines is 3. The van der Waals surface area contributed by atoms with Gasteiger partial charge in [-0.05, 0) is 146 Å². The van der Waals surface area contributed by atoms with Gasteiger partial charge in [0.15, 0.2) is 5.78 Å². The smallest absolute Gasteiger partial charge is 0.432 e. The summed E-state index contributed by atoms with van der Waals surface area (Å²) in [6.07, 6.45) is 1.99. The van der Waals surface area contributed by atoms with Crippen molar-refractivity contribution in [1.82, 2.24) is 26.1 Å². The Morgan fingerprint density at radius 1 is 0.429 bits per heavy atom. The highest BCUT2D eigenvalue weighted by Gasteiger charge is 2.38. The van der Waals surface area contributed by atoms with Gasteiger partial charge in [-0.15, -0.1) is 0 Å². The Morgan fingerprint density at radius 2 is 0.812 bits per heavy atom. The van der Waals surface area contributed by atoms with Gasteiger partial charge in [-0.3, -0.25) is 62.4 Å². The molecule has 4 aromatic rings. The van der Waals surface area contributed by atoms with Gasteiger partial charge in [-0.1, -0.05) is 46.5 Å². The molecular weight excluding hydrogens is 1460 g/mol. The second kappa shape index (κ2) is 47.9. The molecule has 0 radical (unpaired) electrons. The maximum Gasteiger partial charge on any atom is 0.533 e. The molecule has 610 valence electrons. The van der Waals surface area contributed by atoms with Crippen molar-refractivity contribution < 1.29 is 120 Å². The summed E-state index contributed by atoms with van der Waals surface area (Å²) >= 11 is 0. The Bertz CT molecular complexity index is 3860. The number of hydrogen-bond acceptors (Lipinski definition) is 25. The third-order valence-corrected chi connectivity index (χ3v) is 18.2. The molecule has 4 unspecified atom stereocenters. The fourth-order valence-electron chi connectivity index (χ4n) is 12.5. The van der Waals surface area contributed by atoms with Gasteiger partial charge >= 0.3 is 12.3 Å². The number of carbonyl (C=O) groups is 13. The van der Waals surface area contributed by atoms with Crippen LogP contribution in [0.15, 0.2) is 72.8 Å². The number of carbonyl (C=O) groups excluding carboxylic acids is 13. The van der Waals surface area contributed by atoms with Gasteiger partial charge in [0.2, 0.25) is 35.4 Å². The number of rotatable bonds is 49. The SMILES string of the molecule is COCCCOCCNC(=O)CCCC(=O)Nc1ccc2c(c1)C(COC(=O)ON1C(=O)CCC1=O)c1cc(NC(=O)CCCC(=O)NCCOC(C)CCO)ccc1-2.COCCCOCCNC(=O)CCCC(=O)Nc1ccc2c(c1)C(COC(=O)ON1C(=O)CCC1=O)c1cccc(C(=O)CCCOC(C)CCO)c1-2. The molecule has 112 heavy (non-hydrogen) atoms. The molecule has 4 aliphatic rings. The molecular formula is C79H104N8O25. The maximum atomic E-state index is 13.5. The number of imide groups is 2. The van der Waals surface area contributed by atoms with Crippen LogP contribution in [0.2, 0.25) is 0 Å². The molecule has 2 saturated heterocycles. The Kier molecular flexibility index (Phi) is 38.1. The van der Waals surface area contributed by atoms with E-state index in [9.17, 15) is 62.3 Å². The minimum absolute atomic E-state index is 0.0181. The number of methoxy groups -OCH3 is 2. The lowest BCUT2D eigenvalue weighted by atomic mass is 9.93. The Balaban J connectivity index is 0.000000313. The first-order valence-corrected chi connectivity index (χ1v) is 37.9. The zero-order chi connectivity index (χ0) is 80.7. The first-order chi connectivity index (χ1) is 54.1. The number of ether oxygens (including phenoxy) is 8. The zero-order valence-corrected chi connectivity index (χ0v) is 64.0. The number of hydrogen-bond donors (Lipinski definition) is 8. The fourth-order valence-corrected chi connectivity index (χ4v) is 12.5. The van der Waals surface area contributed by atoms with E-state index in [-0.39, 0.29) is 150 Å². The second-order valence-electron chi connectivity index (χ2n) is 26.8. The van der Waals surface area contributed by atoms with Gasteiger partial charge in [0, 0.05) is 185 Å². The molecule has 0 aromatic heterocycles. The van der Waals surface area contributed by atoms with Gasteiger partial charge < -0.3 is 80.0 Å². The van der Waals surface area contributed by atoms with Crippen molar-refractivity contribution >= 4 is 94.2 Å². The predicted molar refractivity (Wildman–Crippen MR) is 403 cm³/mol. The number of nitrogens with one attached hydrogen (secondary N) is 6. The van der Waals surface area contributed by atoms with Crippen molar-refractivity contribution in [2.45, 2.75) is 160 Å². The van der Waals surface area contributed by atoms with Crippen LogP contribution in [0.3, 0.4) is 0 Å². The normalized spacial score (nSPS) is 14.9. The van der Waals surface area contributed by atoms with Crippen molar-refractivity contribution in [3.8, 4) is 22.3 Å². The van der Waals surface area contributed by atoms with E-state index in [4.69, 9.17) is 57.8 Å². The number of benzene rings is 4. The van der Waals surface area contributed by atoms with Gasteiger partial charge in [0.1, 0.15) is 13.2 Å². The summed E-state index contributed by atoms with van der Waals surface area (Å²) in [5.41, 5.74) is 7.68. The highest BCUT2D eigenvalue weighted by Crippen LogP contribution is 2.49. The van der Waals surface area contributed by atoms with E-state index >= 15 is 0 Å². The monoisotopic (exact) mass is 1560 g/mol. The van der Waals surface area contributed by atoms with Crippen LogP contribution < -0.4 is 31.9 Å². The second-order valence-corrected chi connectivity index (χ2v) is 26.8. The van der Waals surface area contributed by atoms with E-state index in [1.54, 1.807) is 68.8 Å². The molecule has 8 N–H and O–H groups in total. The minimum Gasteiger partial charge on any atom is -0.432 e. The van der Waals surface area contributed by atoms with Crippen LogP contribution in [0.25, 0.3) is 22.3 Å². The average molecular weight is 1570 g/mol. The molecule has 2 fully saturated rings. The first-order valence-electron chi connectivity index (χ1n) is 37.9. The average Bonchev–Trinajstić information content (AvgIpc) is 1.60. The van der Waals surface area contributed by atoms with E-state index in [1.165, 1.54) is 0 Å². The van der Waals surface area contributed by atoms with Crippen LogP contribution in [0.4, 0.5) is 26.7 Å². The number of nitrogens with zero attached hydrogens (tertiary/aromatic N) is 2. The number of aliphatic hydroxyl groups excluding tert-OH is 2. The van der Waals surface area contributed by atoms with E-state index in [2.05, 4.69) is 31.9 Å². The standard InChI is InChI=1S/C41H55N5O13.C38H49N3O12/c1-27(16-19-47)57-23-18-43-36(49)7-4-9-38(51)45-29-11-13-31-30-12-10-28(44-37(50)8-3-6-35(48)42-17-22-56-21-5-20-55-2)24-32(30)34(33(31)25-29)26-58-41(54)59-46-39(52)14-15-40(46)53;1-25(16-18-42)51-21-5-9-32(43)29-8-3-7-27-31(24-52-38(48)53-41-35(46)14-15-36(41)47)30-23-26(12-13-28(30)37(27)29)40-34(45)11-4-10-33(44)39-17-22-50-20-6-19-49-2/h10-13,24-25,27,34,47H,3-9,14-23,26H2,1-2H3,(H,42,48)(H,43,49)(H,44,50)(H,45,51);3,7-8,12-13,23,25,31,42H,4-6,9-11,14-22,24H2,1-2H3,(H,39,44)(H,40,45). The van der Waals surface area contributed by atoms with Crippen LogP contribution in [0.5, 0.6) is 0 Å². The lowest BCUT2D eigenvalue weighted by Crippen LogP contribution is -2.32. The Morgan fingerprint density at radius 3 is 1.23 bits per heavy atom. The van der Waals surface area contributed by atoms with Crippen molar-refractivity contribution in [2.75, 3.05) is 129 Å². The molecule has 8 rings (SSSR count). The Labute approximate surface area is 649 Å². The van der Waals surface area contributed by atoms with Crippen LogP contribution in [-0.4, -0.2) is 223 Å². The molecule has 4 aromatic carbocycles. The molecule has 4 atom stereocenters. The van der Waals surface area contributed by atoms with Crippen LogP contribution in [0, 0.1) is 0 Å². The molecule has 33 heteroatoms. The summed E-state index contributed by atoms with van der Waals surface area (Å²) in [5, 5.41) is 35.7. The van der Waals surface area contributed by atoms with E-state index in [0.717, 1.165) is 35.1 Å². The lowest BCUT2D eigenvalue weighted by Gasteiger charge is -2.17. The number of ketones is 1. The third kappa shape index (κ3) is 29.2. The maximum absolute atomic E-state index is 13.5. The number of hydroxylamine groups is 4. The molecule has 2 heterocycles. The summed E-state index contributed by atoms with van der Waals surface area (Å²) in [4.78, 5) is 172. The number of aliphatic hydroxyl groups is 2. The van der Waals surface area contributed by atoms with Crippen LogP contribution >= 0.6 is 0 Å². The lowest BCUT2D eigenvalue weighted by molar-refractivity contribution is -0.177. The summed E-state index contributed by atoms with van der Waals surface area (Å²) in [7, 11) is 3.24. The Hall–Kier alpha value is -10.1. The number of fused-ring (bicyclic) bond motifs is 6. The van der Waals surface area contributed by atoms with Gasteiger partial charge in [0.25, 0.3) is 23.6 Å². The molecule has 2 aliphatic heterocycles. The van der Waals surface area contributed by atoms with Gasteiger partial charge in [-0.2, -0.15) is 0 Å². The highest BCUT2D eigenvalue weighted by atomic mass is 16.8. The third-order valence-electron chi connectivity index (χ3n) is 18.2. The quantitative estimate of drug-likeness (QED) is 0.00926. The van der Waals surface area contributed by atoms with Crippen molar-refractivity contribution in [3.05, 3.63) is 101 Å². The number of amides is 10. The number of Topliss-reactive ketones (excluding diaryl/α,β-unsaturated/α-hetero) is 1. The van der Waals surface area contributed by atoms with Gasteiger partial charge in [-0.25, -0.2) is 9.59 Å². The molecule has 0 saturated carbocycles. The predicted octanol–water partition coefficient (Wildman–Crippen LogP) is 7.35. The van der Waals surface area contributed by atoms with E-state index in [0.29, 0.717) is 166 Å². The summed E-state index contributed by atoms with van der Waals surface area (Å²) < 4.78 is 42.8. The van der Waals surface area contributed by atoms with Crippen molar-refractivity contribution in [1.29, 1.82) is 0 Å². The zero-order valence-electron chi connectivity index (χ0n) is 64.0. The largest absolute Gasteiger partial charge is 0.533 e. The van der Waals surface area contributed by atoms with E-state index < -0.39 is 47.8 Å². The highest BCUT2D eigenvalue weighted by molar-refractivity contribution is 6.06. The topological polar surface area (TPSA) is 433 Å². The van der Waals surface area contributed by atoms with Crippen molar-refractivity contribution in [3.63, 3.8) is 0 Å².